The minimum atomic E-state index is -0.319. The molecule has 0 aliphatic carbocycles. The SMILES string of the molecule is Cl.O=C(CCCn1ccnc1)c1ccc(F)cc1. The largest absolute Gasteiger partial charge is 0.337 e. The predicted octanol–water partition coefficient (Wildman–Crippen LogP) is 3.11. The molecule has 1 heterocycles. The minimum Gasteiger partial charge on any atom is -0.337 e. The molecule has 3 nitrogen and oxygen atoms in total. The monoisotopic (exact) mass is 268 g/mol. The zero-order chi connectivity index (χ0) is 12.1. The van der Waals surface area contributed by atoms with Crippen molar-refractivity contribution < 1.29 is 9.18 Å². The van der Waals surface area contributed by atoms with Crippen LogP contribution in [0, 0.1) is 5.82 Å². The van der Waals surface area contributed by atoms with Crippen molar-refractivity contribution in [3.63, 3.8) is 0 Å². The number of carbonyl (C=O) groups is 1. The topological polar surface area (TPSA) is 34.9 Å². The molecule has 18 heavy (non-hydrogen) atoms. The van der Waals surface area contributed by atoms with Crippen LogP contribution in [0.2, 0.25) is 0 Å². The Kier molecular flexibility index (Phi) is 5.52. The molecule has 0 bridgehead atoms. The summed E-state index contributed by atoms with van der Waals surface area (Å²) < 4.78 is 14.6. The first-order valence-electron chi connectivity index (χ1n) is 5.50. The lowest BCUT2D eigenvalue weighted by atomic mass is 10.1. The molecule has 0 N–H and O–H groups in total. The van der Waals surface area contributed by atoms with Crippen LogP contribution in [0.4, 0.5) is 4.39 Å². The van der Waals surface area contributed by atoms with Crippen LogP contribution < -0.4 is 0 Å². The molecule has 0 spiro atoms. The summed E-state index contributed by atoms with van der Waals surface area (Å²) in [5.74, 6) is -0.273. The number of halogens is 2. The number of ketones is 1. The van der Waals surface area contributed by atoms with E-state index in [0.717, 1.165) is 13.0 Å². The summed E-state index contributed by atoms with van der Waals surface area (Å²) in [5.41, 5.74) is 0.567. The van der Waals surface area contributed by atoms with E-state index in [1.807, 2.05) is 10.8 Å². The molecule has 0 saturated carbocycles. The molecule has 96 valence electrons. The molecule has 0 radical (unpaired) electrons. The van der Waals surface area contributed by atoms with Crippen LogP contribution in [-0.4, -0.2) is 15.3 Å². The fourth-order valence-electron chi connectivity index (χ4n) is 1.62. The van der Waals surface area contributed by atoms with Gasteiger partial charge in [-0.05, 0) is 30.7 Å². The summed E-state index contributed by atoms with van der Waals surface area (Å²) in [7, 11) is 0. The zero-order valence-corrected chi connectivity index (χ0v) is 10.6. The van der Waals surface area contributed by atoms with Crippen LogP contribution in [0.25, 0.3) is 0 Å². The van der Waals surface area contributed by atoms with E-state index in [9.17, 15) is 9.18 Å². The molecular weight excluding hydrogens is 255 g/mol. The maximum Gasteiger partial charge on any atom is 0.162 e. The number of carbonyl (C=O) groups excluding carboxylic acids is 1. The van der Waals surface area contributed by atoms with Crippen molar-refractivity contribution in [2.24, 2.45) is 0 Å². The molecule has 1 aromatic heterocycles. The van der Waals surface area contributed by atoms with Gasteiger partial charge in [-0.25, -0.2) is 9.37 Å². The molecule has 0 aliphatic rings. The van der Waals surface area contributed by atoms with Crippen LogP contribution in [0.3, 0.4) is 0 Å². The van der Waals surface area contributed by atoms with E-state index in [1.165, 1.54) is 24.3 Å². The van der Waals surface area contributed by atoms with Crippen molar-refractivity contribution in [3.8, 4) is 0 Å². The van der Waals surface area contributed by atoms with Crippen molar-refractivity contribution in [1.82, 2.24) is 9.55 Å². The summed E-state index contributed by atoms with van der Waals surface area (Å²) in [6.45, 7) is 0.771. The highest BCUT2D eigenvalue weighted by atomic mass is 35.5. The van der Waals surface area contributed by atoms with Gasteiger partial charge < -0.3 is 4.57 Å². The van der Waals surface area contributed by atoms with Gasteiger partial charge in [-0.15, -0.1) is 12.4 Å². The van der Waals surface area contributed by atoms with E-state index in [0.29, 0.717) is 12.0 Å². The first kappa shape index (κ1) is 14.4. The number of nitrogens with zero attached hydrogens (tertiary/aromatic N) is 2. The molecule has 0 fully saturated rings. The summed E-state index contributed by atoms with van der Waals surface area (Å²) in [5, 5.41) is 0. The molecule has 0 aliphatic heterocycles. The van der Waals surface area contributed by atoms with Crippen molar-refractivity contribution in [2.45, 2.75) is 19.4 Å². The minimum absolute atomic E-state index is 0. The first-order valence-corrected chi connectivity index (χ1v) is 5.50. The third kappa shape index (κ3) is 3.96. The van der Waals surface area contributed by atoms with Gasteiger partial charge >= 0.3 is 0 Å². The Hall–Kier alpha value is -1.68. The van der Waals surface area contributed by atoms with Crippen LogP contribution in [-0.2, 0) is 6.54 Å². The standard InChI is InChI=1S/C13H13FN2O.ClH/c14-12-5-3-11(4-6-12)13(17)2-1-8-16-9-7-15-10-16;/h3-7,9-10H,1-2,8H2;1H. The van der Waals surface area contributed by atoms with E-state index in [2.05, 4.69) is 4.98 Å². The molecule has 2 aromatic rings. The Labute approximate surface area is 111 Å². The summed E-state index contributed by atoms with van der Waals surface area (Å²) in [6.07, 6.45) is 6.52. The van der Waals surface area contributed by atoms with Gasteiger partial charge in [0.2, 0.25) is 0 Å². The quantitative estimate of drug-likeness (QED) is 0.781. The van der Waals surface area contributed by atoms with E-state index >= 15 is 0 Å². The third-order valence-electron chi connectivity index (χ3n) is 2.55. The Morgan fingerprint density at radius 2 is 2.00 bits per heavy atom. The number of imidazole rings is 1. The van der Waals surface area contributed by atoms with E-state index < -0.39 is 0 Å². The average molecular weight is 269 g/mol. The normalized spacial score (nSPS) is 9.83. The van der Waals surface area contributed by atoms with Gasteiger partial charge in [-0.2, -0.15) is 0 Å². The lowest BCUT2D eigenvalue weighted by Gasteiger charge is -2.02. The van der Waals surface area contributed by atoms with E-state index in [-0.39, 0.29) is 24.0 Å². The fraction of sp³-hybridized carbons (Fsp3) is 0.231. The van der Waals surface area contributed by atoms with Crippen molar-refractivity contribution in [1.29, 1.82) is 0 Å². The van der Waals surface area contributed by atoms with Crippen molar-refractivity contribution >= 4 is 18.2 Å². The van der Waals surface area contributed by atoms with Crippen LogP contribution in [0.15, 0.2) is 43.0 Å². The zero-order valence-electron chi connectivity index (χ0n) is 9.75. The Morgan fingerprint density at radius 1 is 1.28 bits per heavy atom. The molecule has 0 saturated heterocycles. The van der Waals surface area contributed by atoms with Gasteiger partial charge in [0.25, 0.3) is 0 Å². The van der Waals surface area contributed by atoms with Crippen molar-refractivity contribution in [2.75, 3.05) is 0 Å². The highest BCUT2D eigenvalue weighted by Gasteiger charge is 2.05. The first-order chi connectivity index (χ1) is 8.25. The Balaban J connectivity index is 0.00000162. The second-order valence-corrected chi connectivity index (χ2v) is 3.83. The molecule has 0 unspecified atom stereocenters. The van der Waals surface area contributed by atoms with Gasteiger partial charge in [-0.3, -0.25) is 4.79 Å². The summed E-state index contributed by atoms with van der Waals surface area (Å²) >= 11 is 0. The Bertz CT molecular complexity index is 482. The van der Waals surface area contributed by atoms with Crippen LogP contribution in [0.1, 0.15) is 23.2 Å². The third-order valence-corrected chi connectivity index (χ3v) is 2.55. The average Bonchev–Trinajstić information content (AvgIpc) is 2.83. The van der Waals surface area contributed by atoms with Gasteiger partial charge in [0, 0.05) is 30.9 Å². The van der Waals surface area contributed by atoms with Crippen LogP contribution in [0.5, 0.6) is 0 Å². The molecule has 1 aromatic carbocycles. The van der Waals surface area contributed by atoms with Crippen molar-refractivity contribution in [3.05, 3.63) is 54.4 Å². The number of rotatable bonds is 5. The van der Waals surface area contributed by atoms with E-state index in [4.69, 9.17) is 0 Å². The molecule has 0 atom stereocenters. The highest BCUT2D eigenvalue weighted by molar-refractivity contribution is 5.95. The highest BCUT2D eigenvalue weighted by Crippen LogP contribution is 2.08. The number of aryl methyl sites for hydroxylation is 1. The van der Waals surface area contributed by atoms with Gasteiger partial charge in [0.1, 0.15) is 5.82 Å². The summed E-state index contributed by atoms with van der Waals surface area (Å²) in [6, 6.07) is 5.66. The summed E-state index contributed by atoms with van der Waals surface area (Å²) in [4.78, 5) is 15.7. The second kappa shape index (κ2) is 6.91. The lowest BCUT2D eigenvalue weighted by molar-refractivity contribution is 0.0978. The van der Waals surface area contributed by atoms with E-state index in [1.54, 1.807) is 12.5 Å². The smallest absolute Gasteiger partial charge is 0.162 e. The maximum absolute atomic E-state index is 12.7. The Morgan fingerprint density at radius 3 is 2.61 bits per heavy atom. The molecule has 0 amide bonds. The van der Waals surface area contributed by atoms with Gasteiger partial charge in [0.15, 0.2) is 5.78 Å². The number of hydrogen-bond acceptors (Lipinski definition) is 2. The molecule has 2 rings (SSSR count). The molecule has 5 heteroatoms. The second-order valence-electron chi connectivity index (χ2n) is 3.83. The van der Waals surface area contributed by atoms with Crippen LogP contribution >= 0.6 is 12.4 Å². The number of aromatic nitrogens is 2. The number of hydrogen-bond donors (Lipinski definition) is 0. The predicted molar refractivity (Wildman–Crippen MR) is 69.4 cm³/mol. The van der Waals surface area contributed by atoms with Gasteiger partial charge in [0.05, 0.1) is 6.33 Å². The maximum atomic E-state index is 12.7. The number of benzene rings is 1. The fourth-order valence-corrected chi connectivity index (χ4v) is 1.62. The lowest BCUT2D eigenvalue weighted by Crippen LogP contribution is -2.02. The molecular formula is C13H14ClFN2O. The van der Waals surface area contributed by atoms with Gasteiger partial charge in [-0.1, -0.05) is 0 Å². The number of Topliss-reactive ketones (excluding diaryl/α,β-unsaturated/α-hetero) is 1.